The molecule has 2 aromatic rings. The van der Waals surface area contributed by atoms with Crippen LogP contribution in [0.1, 0.15) is 5.56 Å². The van der Waals surface area contributed by atoms with Crippen molar-refractivity contribution in [2.24, 2.45) is 0 Å². The first-order valence-electron chi connectivity index (χ1n) is 9.37. The Morgan fingerprint density at radius 1 is 1.09 bits per heavy atom. The number of aliphatic hydroxyl groups is 1. The molecule has 35 heavy (non-hydrogen) atoms. The molecule has 1 heterocycles. The van der Waals surface area contributed by atoms with Gasteiger partial charge in [0, 0.05) is 23.7 Å². The molecule has 14 nitrogen and oxygen atoms in total. The zero-order chi connectivity index (χ0) is 24.1. The van der Waals surface area contributed by atoms with E-state index in [0.29, 0.717) is 34.7 Å². The molecule has 18 heteroatoms. The van der Waals surface area contributed by atoms with Crippen LogP contribution in [0.4, 0.5) is 23.5 Å². The third kappa shape index (κ3) is 14.1. The van der Waals surface area contributed by atoms with E-state index in [0.717, 1.165) is 0 Å². The summed E-state index contributed by atoms with van der Waals surface area (Å²) in [5.41, 5.74) is 1.21. The normalized spacial score (nSPS) is 10.6. The van der Waals surface area contributed by atoms with E-state index in [1.165, 1.54) is 0 Å². The van der Waals surface area contributed by atoms with Crippen molar-refractivity contribution in [1.82, 2.24) is 15.0 Å². The number of aromatic nitrogens is 3. The quantitative estimate of drug-likeness (QED) is 0.0385. The van der Waals surface area contributed by atoms with Crippen molar-refractivity contribution in [3.8, 4) is 0 Å². The van der Waals surface area contributed by atoms with E-state index in [1.807, 2.05) is 0 Å². The van der Waals surface area contributed by atoms with Gasteiger partial charge >= 0.3 is 59.1 Å². The Balaban J connectivity index is 0.00000578. The number of hydrogen-bond acceptors (Lipinski definition) is 15. The van der Waals surface area contributed by atoms with Crippen LogP contribution in [0, 0.1) is 0 Å². The van der Waals surface area contributed by atoms with Crippen molar-refractivity contribution >= 4 is 51.8 Å². The zero-order valence-corrected chi connectivity index (χ0v) is 24.9. The maximum Gasteiger partial charge on any atom is 1.00 e. The van der Waals surface area contributed by atoms with E-state index in [2.05, 4.69) is 46.9 Å². The van der Waals surface area contributed by atoms with Crippen LogP contribution < -0.4 is 80.3 Å². The Bertz CT molecular complexity index is 1020. The summed E-state index contributed by atoms with van der Waals surface area (Å²) in [6.07, 6.45) is 1.57. The minimum absolute atomic E-state index is 0. The number of rotatable bonds is 16. The molecule has 4 N–H and O–H groups in total. The maximum atomic E-state index is 10.8. The Kier molecular flexibility index (Phi) is 18.3. The zero-order valence-electron chi connectivity index (χ0n) is 19.2. The van der Waals surface area contributed by atoms with Gasteiger partial charge in [0.05, 0.1) is 47.7 Å². The molecule has 1 aromatic carbocycles. The fourth-order valence-corrected chi connectivity index (χ4v) is 3.19. The average molecular weight is 549 g/mol. The topological polar surface area (TPSA) is 203 Å². The molecule has 0 spiro atoms. The maximum absolute atomic E-state index is 10.8. The molecule has 0 aliphatic rings. The molecule has 0 bridgehead atoms. The predicted octanol–water partition coefficient (Wildman–Crippen LogP) is -6.13. The first-order valence-corrected chi connectivity index (χ1v) is 11.7. The molecule has 0 amide bonds. The second-order valence-electron chi connectivity index (χ2n) is 6.06. The van der Waals surface area contributed by atoms with Gasteiger partial charge in [-0.3, -0.25) is 5.04 Å². The first kappa shape index (κ1) is 34.4. The van der Waals surface area contributed by atoms with E-state index in [9.17, 15) is 18.2 Å². The van der Waals surface area contributed by atoms with Gasteiger partial charge in [0.2, 0.25) is 17.8 Å². The molecule has 182 valence electrons. The van der Waals surface area contributed by atoms with Crippen LogP contribution in [0.2, 0.25) is 0 Å². The van der Waals surface area contributed by atoms with Crippen LogP contribution in [-0.2, 0) is 24.2 Å². The molecule has 0 saturated heterocycles. The molecule has 0 fully saturated rings. The molecule has 0 atom stereocenters. The van der Waals surface area contributed by atoms with Crippen molar-refractivity contribution < 1.29 is 96.6 Å². The molecule has 1 aromatic heterocycles. The number of aliphatic hydroxyl groups excluding tert-OH is 1. The smallest absolute Gasteiger partial charge is 0.748 e. The van der Waals surface area contributed by atoms with Gasteiger partial charge in [-0.1, -0.05) is 18.7 Å². The molecule has 0 unspecified atom stereocenters. The SMILES string of the molecule is C=Cc1ccc(Nc2nc(NCCOCCO)nc(NCCS(=O)(=O)[O-])n2)cc1SOO[O-].[Na+].[Na+]. The van der Waals surface area contributed by atoms with Gasteiger partial charge in [-0.15, -0.1) is 0 Å². The van der Waals surface area contributed by atoms with Crippen molar-refractivity contribution in [3.05, 3.63) is 30.3 Å². The van der Waals surface area contributed by atoms with Gasteiger partial charge in [-0.25, -0.2) is 8.42 Å². The van der Waals surface area contributed by atoms with Crippen molar-refractivity contribution in [2.75, 3.05) is 54.6 Å². The van der Waals surface area contributed by atoms with Gasteiger partial charge in [0.15, 0.2) is 0 Å². The van der Waals surface area contributed by atoms with E-state index in [1.54, 1.807) is 24.3 Å². The summed E-state index contributed by atoms with van der Waals surface area (Å²) in [4.78, 5) is 13.0. The number of benzene rings is 1. The summed E-state index contributed by atoms with van der Waals surface area (Å²) < 4.78 is 42.0. The van der Waals surface area contributed by atoms with Gasteiger partial charge in [0.25, 0.3) is 0 Å². The van der Waals surface area contributed by atoms with Crippen LogP contribution in [-0.4, -0.2) is 71.7 Å². The van der Waals surface area contributed by atoms with Crippen LogP contribution in [0.15, 0.2) is 29.7 Å². The molecule has 0 saturated carbocycles. The molecular weight excluding hydrogens is 526 g/mol. The van der Waals surface area contributed by atoms with E-state index in [4.69, 9.17) is 9.84 Å². The number of nitrogens with zero attached hydrogens (tertiary/aromatic N) is 3. The summed E-state index contributed by atoms with van der Waals surface area (Å²) in [5.74, 6) is -0.382. The van der Waals surface area contributed by atoms with E-state index < -0.39 is 15.9 Å². The van der Waals surface area contributed by atoms with Gasteiger partial charge in [-0.2, -0.15) is 19.3 Å². The van der Waals surface area contributed by atoms with Gasteiger partial charge < -0.3 is 35.6 Å². The van der Waals surface area contributed by atoms with Gasteiger partial charge in [0.1, 0.15) is 0 Å². The van der Waals surface area contributed by atoms with Crippen LogP contribution in [0.3, 0.4) is 0 Å². The molecule has 0 aliphatic carbocycles. The Labute approximate surface area is 251 Å². The summed E-state index contributed by atoms with van der Waals surface area (Å²) >= 11 is 0.692. The molecule has 2 rings (SSSR count). The Morgan fingerprint density at radius 2 is 1.74 bits per heavy atom. The van der Waals surface area contributed by atoms with Crippen LogP contribution >= 0.6 is 12.0 Å². The fourth-order valence-electron chi connectivity index (χ4n) is 2.31. The second-order valence-corrected chi connectivity index (χ2v) is 8.32. The van der Waals surface area contributed by atoms with Crippen molar-refractivity contribution in [1.29, 1.82) is 0 Å². The number of anilines is 4. The number of ether oxygens (including phenoxy) is 1. The summed E-state index contributed by atoms with van der Waals surface area (Å²) in [6, 6.07) is 5.05. The van der Waals surface area contributed by atoms with Crippen LogP contribution in [0.5, 0.6) is 0 Å². The van der Waals surface area contributed by atoms with E-state index >= 15 is 0 Å². The number of nitrogens with one attached hydrogen (secondary N) is 3. The minimum atomic E-state index is -4.41. The molecule has 0 radical (unpaired) electrons. The van der Waals surface area contributed by atoms with E-state index in [-0.39, 0.29) is 103 Å². The Morgan fingerprint density at radius 3 is 2.34 bits per heavy atom. The first-order chi connectivity index (χ1) is 15.8. The van der Waals surface area contributed by atoms with Crippen molar-refractivity contribution in [2.45, 2.75) is 4.90 Å². The summed E-state index contributed by atoms with van der Waals surface area (Å²) in [5, 5.41) is 30.8. The second kappa shape index (κ2) is 18.6. The third-order valence-corrected chi connectivity index (χ3v) is 5.04. The molecule has 0 aliphatic heterocycles. The summed E-state index contributed by atoms with van der Waals surface area (Å²) in [7, 11) is -4.41. The monoisotopic (exact) mass is 548 g/mol. The third-order valence-electron chi connectivity index (χ3n) is 3.68. The minimum Gasteiger partial charge on any atom is -0.748 e. The average Bonchev–Trinajstić information content (AvgIpc) is 2.77. The summed E-state index contributed by atoms with van der Waals surface area (Å²) in [6.45, 7) is 4.16. The Hall–Kier alpha value is -0.570. The standard InChI is InChI=1S/C17H24N6O8S2.2Na/c1-2-12-3-4-13(11-14(12)32-31-30-25)20-17-22-15(18-5-8-29-9-7-24)21-16(23-17)19-6-10-33(26,27)28;;/h2-4,11,24-25H,1,5-10H2,(H,26,27,28)(H3,18,19,20,21,22,23);;/q;2*+1/p-2. The fraction of sp³-hybridized carbons (Fsp3) is 0.353. The predicted molar refractivity (Wildman–Crippen MR) is 117 cm³/mol. The van der Waals surface area contributed by atoms with Crippen LogP contribution in [0.25, 0.3) is 6.08 Å². The number of hydrogen-bond donors (Lipinski definition) is 4. The van der Waals surface area contributed by atoms with Crippen molar-refractivity contribution in [3.63, 3.8) is 0 Å². The van der Waals surface area contributed by atoms with Gasteiger partial charge in [-0.05, 0) is 17.7 Å². The molecular formula is C17H22N6Na2O8S2. The largest absolute Gasteiger partial charge is 1.00 e.